The molecule has 0 aliphatic carbocycles. The lowest BCUT2D eigenvalue weighted by Gasteiger charge is -2.43. The normalized spacial score (nSPS) is 25.4. The second kappa shape index (κ2) is 6.62. The van der Waals surface area contributed by atoms with E-state index in [1.54, 1.807) is 0 Å². The van der Waals surface area contributed by atoms with Gasteiger partial charge in [0.05, 0.1) is 10.7 Å². The van der Waals surface area contributed by atoms with Crippen molar-refractivity contribution in [3.63, 3.8) is 0 Å². The third-order valence-corrected chi connectivity index (χ3v) is 4.73. The summed E-state index contributed by atoms with van der Waals surface area (Å²) in [4.78, 5) is 2.50. The minimum absolute atomic E-state index is 0.542. The first-order valence-electron chi connectivity index (χ1n) is 7.41. The van der Waals surface area contributed by atoms with Gasteiger partial charge in [0.1, 0.15) is 0 Å². The second-order valence-electron chi connectivity index (χ2n) is 5.57. The highest BCUT2D eigenvalue weighted by molar-refractivity contribution is 6.33. The van der Waals surface area contributed by atoms with Gasteiger partial charge in [-0.25, -0.2) is 0 Å². The van der Waals surface area contributed by atoms with Crippen LogP contribution >= 0.6 is 11.6 Å². The average Bonchev–Trinajstić information content (AvgIpc) is 2.46. The number of nitrogens with zero attached hydrogens (tertiary/aromatic N) is 1. The van der Waals surface area contributed by atoms with E-state index in [1.165, 1.54) is 12.1 Å². The van der Waals surface area contributed by atoms with E-state index < -0.39 is 0 Å². The minimum atomic E-state index is 0.542. The molecule has 0 spiro atoms. The number of hydrogen-bond acceptors (Lipinski definition) is 2. The van der Waals surface area contributed by atoms with Gasteiger partial charge >= 0.3 is 0 Å². The zero-order valence-electron chi connectivity index (χ0n) is 12.2. The highest BCUT2D eigenvalue weighted by Gasteiger charge is 2.30. The van der Waals surface area contributed by atoms with Crippen LogP contribution in [0.25, 0.3) is 0 Å². The van der Waals surface area contributed by atoms with Crippen LogP contribution in [0.15, 0.2) is 24.3 Å². The number of rotatable bonds is 4. The standard InChI is InChI=1S/C16H25ClN2/c1-4-12(3)15-11-19(13(5-2)10-18-15)16-9-7-6-8-14(16)17/h6-9,12-13,15,18H,4-5,10-11H2,1-3H3. The van der Waals surface area contributed by atoms with E-state index in [0.717, 1.165) is 24.5 Å². The molecule has 0 radical (unpaired) electrons. The molecule has 106 valence electrons. The van der Waals surface area contributed by atoms with Gasteiger partial charge in [-0.1, -0.05) is 50.9 Å². The highest BCUT2D eigenvalue weighted by atomic mass is 35.5. The Bertz CT molecular complexity index is 407. The molecule has 1 aromatic carbocycles. The summed E-state index contributed by atoms with van der Waals surface area (Å²) in [7, 11) is 0. The van der Waals surface area contributed by atoms with E-state index in [4.69, 9.17) is 11.6 Å². The summed E-state index contributed by atoms with van der Waals surface area (Å²) in [6.45, 7) is 8.94. The number of hydrogen-bond donors (Lipinski definition) is 1. The topological polar surface area (TPSA) is 15.3 Å². The van der Waals surface area contributed by atoms with Gasteiger partial charge in [0.2, 0.25) is 0 Å². The van der Waals surface area contributed by atoms with Gasteiger partial charge < -0.3 is 10.2 Å². The molecule has 3 atom stereocenters. The van der Waals surface area contributed by atoms with Crippen molar-refractivity contribution in [2.75, 3.05) is 18.0 Å². The molecule has 19 heavy (non-hydrogen) atoms. The summed E-state index contributed by atoms with van der Waals surface area (Å²) >= 11 is 6.38. The van der Waals surface area contributed by atoms with Crippen molar-refractivity contribution in [2.24, 2.45) is 5.92 Å². The number of anilines is 1. The molecule has 1 fully saturated rings. The van der Waals surface area contributed by atoms with Crippen LogP contribution in [-0.4, -0.2) is 25.2 Å². The Morgan fingerprint density at radius 1 is 1.37 bits per heavy atom. The third-order valence-electron chi connectivity index (χ3n) is 4.41. The maximum Gasteiger partial charge on any atom is 0.0639 e. The number of benzene rings is 1. The van der Waals surface area contributed by atoms with Gasteiger partial charge in [-0.2, -0.15) is 0 Å². The zero-order valence-corrected chi connectivity index (χ0v) is 13.0. The van der Waals surface area contributed by atoms with Crippen LogP contribution in [0.2, 0.25) is 5.02 Å². The number of nitrogens with one attached hydrogen (secondary N) is 1. The van der Waals surface area contributed by atoms with E-state index >= 15 is 0 Å². The van der Waals surface area contributed by atoms with Crippen molar-refractivity contribution in [3.05, 3.63) is 29.3 Å². The number of para-hydroxylation sites is 1. The quantitative estimate of drug-likeness (QED) is 0.899. The summed E-state index contributed by atoms with van der Waals surface area (Å²) in [6.07, 6.45) is 2.36. The first kappa shape index (κ1) is 14.7. The summed E-state index contributed by atoms with van der Waals surface area (Å²) in [5.41, 5.74) is 1.19. The Kier molecular flexibility index (Phi) is 5.12. The Balaban J connectivity index is 2.21. The smallest absolute Gasteiger partial charge is 0.0639 e. The van der Waals surface area contributed by atoms with Crippen LogP contribution in [0, 0.1) is 5.92 Å². The Labute approximate surface area is 122 Å². The molecule has 2 nitrogen and oxygen atoms in total. The van der Waals surface area contributed by atoms with Crippen molar-refractivity contribution in [3.8, 4) is 0 Å². The molecular formula is C16H25ClN2. The van der Waals surface area contributed by atoms with Gasteiger partial charge in [0, 0.05) is 25.2 Å². The van der Waals surface area contributed by atoms with Gasteiger partial charge in [0.25, 0.3) is 0 Å². The predicted molar refractivity (Wildman–Crippen MR) is 84.1 cm³/mol. The lowest BCUT2D eigenvalue weighted by atomic mass is 9.94. The van der Waals surface area contributed by atoms with Gasteiger partial charge in [0.15, 0.2) is 0 Å². The molecule has 3 heteroatoms. The summed E-state index contributed by atoms with van der Waals surface area (Å²) in [5, 5.41) is 4.57. The monoisotopic (exact) mass is 280 g/mol. The molecule has 1 aliphatic rings. The molecule has 0 aromatic heterocycles. The fourth-order valence-corrected chi connectivity index (χ4v) is 3.08. The maximum absolute atomic E-state index is 6.38. The number of halogens is 1. The van der Waals surface area contributed by atoms with Crippen LogP contribution in [0.1, 0.15) is 33.6 Å². The summed E-state index contributed by atoms with van der Waals surface area (Å²) < 4.78 is 0. The molecule has 1 saturated heterocycles. The molecule has 1 aromatic rings. The van der Waals surface area contributed by atoms with Crippen LogP contribution in [0.4, 0.5) is 5.69 Å². The van der Waals surface area contributed by atoms with E-state index in [1.807, 2.05) is 12.1 Å². The third kappa shape index (κ3) is 3.24. The second-order valence-corrected chi connectivity index (χ2v) is 5.97. The lowest BCUT2D eigenvalue weighted by molar-refractivity contribution is 0.306. The minimum Gasteiger partial charge on any atom is -0.365 e. The predicted octanol–water partition coefficient (Wildman–Crippen LogP) is 3.94. The van der Waals surface area contributed by atoms with Crippen LogP contribution in [0.5, 0.6) is 0 Å². The van der Waals surface area contributed by atoms with Gasteiger partial charge in [-0.15, -0.1) is 0 Å². The fourth-order valence-electron chi connectivity index (χ4n) is 2.83. The van der Waals surface area contributed by atoms with Crippen molar-refractivity contribution in [2.45, 2.75) is 45.7 Å². The lowest BCUT2D eigenvalue weighted by Crippen LogP contribution is -2.58. The molecule has 1 N–H and O–H groups in total. The van der Waals surface area contributed by atoms with Gasteiger partial charge in [-0.05, 0) is 24.5 Å². The van der Waals surface area contributed by atoms with Crippen LogP contribution < -0.4 is 10.2 Å². The molecule has 2 rings (SSSR count). The molecule has 0 amide bonds. The average molecular weight is 281 g/mol. The first-order chi connectivity index (χ1) is 9.17. The summed E-state index contributed by atoms with van der Waals surface area (Å²) in [6, 6.07) is 9.31. The van der Waals surface area contributed by atoms with Crippen molar-refractivity contribution in [1.82, 2.24) is 5.32 Å². The maximum atomic E-state index is 6.38. The van der Waals surface area contributed by atoms with Crippen LogP contribution in [0.3, 0.4) is 0 Å². The highest BCUT2D eigenvalue weighted by Crippen LogP contribution is 2.30. The van der Waals surface area contributed by atoms with E-state index in [9.17, 15) is 0 Å². The molecular weight excluding hydrogens is 256 g/mol. The Hall–Kier alpha value is -0.730. The largest absolute Gasteiger partial charge is 0.365 e. The summed E-state index contributed by atoms with van der Waals surface area (Å²) in [5.74, 6) is 0.697. The number of piperazine rings is 1. The molecule has 0 saturated carbocycles. The van der Waals surface area contributed by atoms with Gasteiger partial charge in [-0.3, -0.25) is 0 Å². The van der Waals surface area contributed by atoms with Crippen LogP contribution in [-0.2, 0) is 0 Å². The van der Waals surface area contributed by atoms with Crippen molar-refractivity contribution < 1.29 is 0 Å². The van der Waals surface area contributed by atoms with E-state index in [2.05, 4.69) is 43.1 Å². The van der Waals surface area contributed by atoms with E-state index in [0.29, 0.717) is 18.0 Å². The van der Waals surface area contributed by atoms with Crippen molar-refractivity contribution >= 4 is 17.3 Å². The van der Waals surface area contributed by atoms with E-state index in [-0.39, 0.29) is 0 Å². The SMILES string of the molecule is CCC(C)C1CN(c2ccccc2Cl)C(CC)CN1. The molecule has 1 heterocycles. The fraction of sp³-hybridized carbons (Fsp3) is 0.625. The molecule has 0 bridgehead atoms. The Morgan fingerprint density at radius 2 is 2.11 bits per heavy atom. The Morgan fingerprint density at radius 3 is 2.74 bits per heavy atom. The van der Waals surface area contributed by atoms with Crippen molar-refractivity contribution in [1.29, 1.82) is 0 Å². The molecule has 1 aliphatic heterocycles. The zero-order chi connectivity index (χ0) is 13.8. The molecule has 3 unspecified atom stereocenters. The first-order valence-corrected chi connectivity index (χ1v) is 7.79.